The molecular weight excluding hydrogens is 944 g/mol. The fourth-order valence-corrected chi connectivity index (χ4v) is 8.04. The van der Waals surface area contributed by atoms with Crippen LogP contribution >= 0.6 is 11.6 Å². The summed E-state index contributed by atoms with van der Waals surface area (Å²) < 4.78 is 33.7. The van der Waals surface area contributed by atoms with E-state index in [0.717, 1.165) is 34.1 Å². The highest BCUT2D eigenvalue weighted by molar-refractivity contribution is 6.18. The topological polar surface area (TPSA) is 102 Å². The molecule has 0 saturated carbocycles. The summed E-state index contributed by atoms with van der Waals surface area (Å²) in [7, 11) is 0. The number of epoxide rings is 2. The quantitative estimate of drug-likeness (QED) is 0.0470. The molecule has 4 atom stereocenters. The minimum atomic E-state index is -0.151. The molecule has 2 heterocycles. The molecule has 6 aromatic rings. The lowest BCUT2D eigenvalue weighted by Gasteiger charge is -2.26. The number of ether oxygens (including phenoxy) is 6. The lowest BCUT2D eigenvalue weighted by Crippen LogP contribution is -2.18. The Labute approximate surface area is 447 Å². The van der Waals surface area contributed by atoms with Gasteiger partial charge in [-0.1, -0.05) is 151 Å². The van der Waals surface area contributed by atoms with Crippen LogP contribution in [0.5, 0.6) is 34.5 Å². The molecule has 2 N–H and O–H groups in total. The lowest BCUT2D eigenvalue weighted by molar-refractivity contribution is 0.260. The van der Waals surface area contributed by atoms with Crippen LogP contribution in [-0.2, 0) is 25.7 Å². The van der Waals surface area contributed by atoms with E-state index in [-0.39, 0.29) is 40.0 Å². The molecule has 0 aromatic heterocycles. The van der Waals surface area contributed by atoms with Crippen LogP contribution in [0.25, 0.3) is 0 Å². The van der Waals surface area contributed by atoms with E-state index in [4.69, 9.17) is 40.0 Å². The molecular formula is C65H79ClO8. The number of halogens is 1. The van der Waals surface area contributed by atoms with Gasteiger partial charge in [0.2, 0.25) is 0 Å². The third-order valence-electron chi connectivity index (χ3n) is 13.5. The minimum Gasteiger partial charge on any atom is -0.508 e. The van der Waals surface area contributed by atoms with Crippen LogP contribution in [0, 0.1) is 0 Å². The van der Waals surface area contributed by atoms with Crippen LogP contribution in [0.1, 0.15) is 110 Å². The van der Waals surface area contributed by atoms with Gasteiger partial charge < -0.3 is 38.6 Å². The van der Waals surface area contributed by atoms with Gasteiger partial charge in [-0.05, 0) is 141 Å². The molecule has 0 bridgehead atoms. The predicted molar refractivity (Wildman–Crippen MR) is 304 cm³/mol. The molecule has 2 aliphatic heterocycles. The number of phenolic OH excluding ortho intramolecular Hbond substituents is 2. The second-order valence-electron chi connectivity index (χ2n) is 19.9. The Hall–Kier alpha value is -6.45. The van der Waals surface area contributed by atoms with Crippen molar-refractivity contribution < 1.29 is 38.6 Å². The molecule has 4 unspecified atom stereocenters. The Bertz CT molecular complexity index is 2460. The van der Waals surface area contributed by atoms with E-state index in [1.54, 1.807) is 24.3 Å². The lowest BCUT2D eigenvalue weighted by atomic mass is 9.78. The number of benzene rings is 6. The molecule has 6 aromatic carbocycles. The van der Waals surface area contributed by atoms with E-state index in [0.29, 0.717) is 44.5 Å². The monoisotopic (exact) mass is 1020 g/mol. The van der Waals surface area contributed by atoms with Crippen molar-refractivity contribution in [2.24, 2.45) is 0 Å². The molecule has 0 radical (unpaired) electrons. The molecule has 2 saturated heterocycles. The third kappa shape index (κ3) is 17.9. The second kappa shape index (κ2) is 28.3. The minimum absolute atomic E-state index is 0.0797. The van der Waals surface area contributed by atoms with Crippen molar-refractivity contribution in [3.8, 4) is 34.5 Å². The van der Waals surface area contributed by atoms with Gasteiger partial charge in [0.1, 0.15) is 73.1 Å². The summed E-state index contributed by atoms with van der Waals surface area (Å²) in [4.78, 5) is 0. The maximum Gasteiger partial charge on any atom is 0.119 e. The number of hydrogen-bond donors (Lipinski definition) is 2. The summed E-state index contributed by atoms with van der Waals surface area (Å²) in [6.07, 6.45) is 12.9. The van der Waals surface area contributed by atoms with Gasteiger partial charge in [-0.2, -0.15) is 0 Å². The molecule has 394 valence electrons. The summed E-state index contributed by atoms with van der Waals surface area (Å²) in [6, 6.07) is 47.9. The smallest absolute Gasteiger partial charge is 0.119 e. The zero-order valence-corrected chi connectivity index (χ0v) is 46.1. The highest BCUT2D eigenvalue weighted by atomic mass is 35.5. The van der Waals surface area contributed by atoms with E-state index in [2.05, 4.69) is 104 Å². The maximum absolute atomic E-state index is 9.30. The number of hydrogen-bond acceptors (Lipinski definition) is 8. The fraction of sp³-hybridized carbons (Fsp3) is 0.354. The van der Waals surface area contributed by atoms with Crippen LogP contribution in [0.2, 0.25) is 0 Å². The third-order valence-corrected chi connectivity index (χ3v) is 13.7. The zero-order chi connectivity index (χ0) is 53.7. The van der Waals surface area contributed by atoms with E-state index in [9.17, 15) is 10.2 Å². The van der Waals surface area contributed by atoms with E-state index in [1.807, 2.05) is 130 Å². The number of rotatable bonds is 19. The van der Waals surface area contributed by atoms with Gasteiger partial charge in [0.05, 0.1) is 12.2 Å². The summed E-state index contributed by atoms with van der Waals surface area (Å²) in [5, 5.41) is 18.6. The molecule has 9 heteroatoms. The standard InChI is InChI=1S/C23H28O4.C23H28O2.C15H16O2.C4H7Cl/c1-15-21(26-15)13-24-19-9-5-17(6-10-19)23(3,4)18-7-11-20(12-8-18)25-14-22-16(2)27-22;1-5-7-17-24-21-13-9-19(10-14-21)23(3,4)20-11-15-22(16-12-20)25-18-8-6-2;1-15(2,11-3-7-13(16)8-4-11)12-5-9-14(17)10-6-12;1-2-3-4-5/h5-12,15-16,21-22H,13-14H2,1-4H3;5-16H,17-18H2,1-4H3;3-10,16-17H,1-2H3;2-3H,4H2,1H3/b;7-5+,8-6+;;3-2+. The van der Waals surface area contributed by atoms with Crippen LogP contribution in [0.3, 0.4) is 0 Å². The Kier molecular flexibility index (Phi) is 22.3. The molecule has 0 spiro atoms. The molecule has 8 rings (SSSR count). The van der Waals surface area contributed by atoms with Crippen molar-refractivity contribution in [2.75, 3.05) is 32.3 Å². The van der Waals surface area contributed by atoms with E-state index < -0.39 is 0 Å². The van der Waals surface area contributed by atoms with Gasteiger partial charge in [0, 0.05) is 22.1 Å². The van der Waals surface area contributed by atoms with Gasteiger partial charge in [-0.3, -0.25) is 0 Å². The Balaban J connectivity index is 0.000000201. The number of alkyl halides is 1. The highest BCUT2D eigenvalue weighted by Gasteiger charge is 2.35. The first-order valence-corrected chi connectivity index (χ1v) is 26.2. The normalized spacial score (nSPS) is 17.0. The van der Waals surface area contributed by atoms with Gasteiger partial charge in [0.15, 0.2) is 0 Å². The van der Waals surface area contributed by atoms with Crippen molar-refractivity contribution >= 4 is 11.6 Å². The van der Waals surface area contributed by atoms with Gasteiger partial charge in [-0.25, -0.2) is 0 Å². The zero-order valence-electron chi connectivity index (χ0n) is 45.4. The van der Waals surface area contributed by atoms with Gasteiger partial charge in [0.25, 0.3) is 0 Å². The van der Waals surface area contributed by atoms with Crippen molar-refractivity contribution in [1.82, 2.24) is 0 Å². The summed E-state index contributed by atoms with van der Waals surface area (Å²) in [5.41, 5.74) is 6.94. The largest absolute Gasteiger partial charge is 0.508 e. The molecule has 0 amide bonds. The first kappa shape index (κ1) is 58.4. The van der Waals surface area contributed by atoms with Crippen LogP contribution in [0.15, 0.2) is 182 Å². The van der Waals surface area contributed by atoms with Crippen molar-refractivity contribution in [1.29, 1.82) is 0 Å². The van der Waals surface area contributed by atoms with Crippen LogP contribution < -0.4 is 18.9 Å². The first-order valence-electron chi connectivity index (χ1n) is 25.7. The van der Waals surface area contributed by atoms with Crippen LogP contribution in [0.4, 0.5) is 0 Å². The Morgan fingerprint density at radius 2 is 0.635 bits per heavy atom. The average molecular weight is 1020 g/mol. The summed E-state index contributed by atoms with van der Waals surface area (Å²) in [6.45, 7) is 25.7. The van der Waals surface area contributed by atoms with Crippen molar-refractivity contribution in [2.45, 2.75) is 117 Å². The summed E-state index contributed by atoms with van der Waals surface area (Å²) >= 11 is 5.21. The average Bonchev–Trinajstić information content (AvgIpc) is 4.32. The van der Waals surface area contributed by atoms with Crippen molar-refractivity contribution in [3.63, 3.8) is 0 Å². The van der Waals surface area contributed by atoms with E-state index in [1.165, 1.54) is 22.3 Å². The SMILES string of the molecule is C/C=C/CCl.C/C=C/COc1ccc(C(C)(C)c2ccc(OC/C=C/C)cc2)cc1.CC(C)(c1ccc(O)cc1)c1ccc(O)cc1.CC1OC1COc1ccc(C(C)(C)c2ccc(OCC3OC3C)cc2)cc1. The molecule has 2 fully saturated rings. The molecule has 8 nitrogen and oxygen atoms in total. The molecule has 2 aliphatic rings. The van der Waals surface area contributed by atoms with Crippen LogP contribution in [-0.4, -0.2) is 66.9 Å². The summed E-state index contributed by atoms with van der Waals surface area (Å²) in [5.74, 6) is 4.74. The highest BCUT2D eigenvalue weighted by Crippen LogP contribution is 2.36. The fourth-order valence-electron chi connectivity index (χ4n) is 7.86. The van der Waals surface area contributed by atoms with E-state index >= 15 is 0 Å². The number of aromatic hydroxyl groups is 2. The maximum atomic E-state index is 9.30. The van der Waals surface area contributed by atoms with Crippen molar-refractivity contribution in [3.05, 3.63) is 215 Å². The number of phenols is 2. The second-order valence-corrected chi connectivity index (χ2v) is 20.2. The van der Waals surface area contributed by atoms with Gasteiger partial charge in [-0.15, -0.1) is 11.6 Å². The Morgan fingerprint density at radius 3 is 0.838 bits per heavy atom. The van der Waals surface area contributed by atoms with Gasteiger partial charge >= 0.3 is 0 Å². The predicted octanol–water partition coefficient (Wildman–Crippen LogP) is 15.5. The molecule has 0 aliphatic carbocycles. The molecule has 74 heavy (non-hydrogen) atoms. The number of allylic oxidation sites excluding steroid dienone is 4. The first-order chi connectivity index (χ1) is 35.4. The Morgan fingerprint density at radius 1 is 0.405 bits per heavy atom.